The highest BCUT2D eigenvalue weighted by atomic mass is 32.2. The molecule has 0 aromatic rings. The molecule has 90 valence electrons. The van der Waals surface area contributed by atoms with Crippen molar-refractivity contribution in [2.24, 2.45) is 11.7 Å². The molecule has 0 bridgehead atoms. The second-order valence-electron chi connectivity index (χ2n) is 4.56. The van der Waals surface area contributed by atoms with Crippen LogP contribution in [0.25, 0.3) is 0 Å². The van der Waals surface area contributed by atoms with Crippen LogP contribution in [0.1, 0.15) is 33.1 Å². The van der Waals surface area contributed by atoms with Gasteiger partial charge in [-0.05, 0) is 39.0 Å². The Hall–Kier alpha value is -0.170. The Kier molecular flexibility index (Phi) is 4.51. The average Bonchev–Trinajstić information content (AvgIpc) is 2.46. The zero-order chi connectivity index (χ0) is 11.5. The quantitative estimate of drug-likeness (QED) is 0.624. The van der Waals surface area contributed by atoms with Crippen molar-refractivity contribution in [1.82, 2.24) is 9.44 Å². The molecule has 0 saturated heterocycles. The molecule has 0 radical (unpaired) electrons. The summed E-state index contributed by atoms with van der Waals surface area (Å²) in [6, 6.07) is 0.172. The minimum Gasteiger partial charge on any atom is -0.328 e. The maximum Gasteiger partial charge on any atom is 0.277 e. The van der Waals surface area contributed by atoms with Gasteiger partial charge in [-0.25, -0.2) is 4.72 Å². The Balaban J connectivity index is 2.30. The summed E-state index contributed by atoms with van der Waals surface area (Å²) in [5.74, 6) is 0.392. The molecule has 0 aromatic heterocycles. The summed E-state index contributed by atoms with van der Waals surface area (Å²) in [5.41, 5.74) is 5.75. The number of hydrogen-bond acceptors (Lipinski definition) is 3. The van der Waals surface area contributed by atoms with Crippen LogP contribution in [0.4, 0.5) is 0 Å². The monoisotopic (exact) mass is 235 g/mol. The molecule has 0 aromatic carbocycles. The number of nitrogens with two attached hydrogens (primary N) is 1. The summed E-state index contributed by atoms with van der Waals surface area (Å²) in [4.78, 5) is 0. The van der Waals surface area contributed by atoms with Crippen LogP contribution in [0.2, 0.25) is 0 Å². The zero-order valence-electron chi connectivity index (χ0n) is 9.36. The molecule has 0 aliphatic heterocycles. The van der Waals surface area contributed by atoms with E-state index in [1.54, 1.807) is 13.8 Å². The van der Waals surface area contributed by atoms with Crippen LogP contribution in [-0.4, -0.2) is 27.0 Å². The van der Waals surface area contributed by atoms with E-state index >= 15 is 0 Å². The number of hydrogen-bond donors (Lipinski definition) is 3. The van der Waals surface area contributed by atoms with E-state index in [0.717, 1.165) is 19.3 Å². The smallest absolute Gasteiger partial charge is 0.277 e. The third-order valence-electron chi connectivity index (χ3n) is 2.53. The summed E-state index contributed by atoms with van der Waals surface area (Å²) in [5, 5.41) is 0. The van der Waals surface area contributed by atoms with Gasteiger partial charge in [0, 0.05) is 18.6 Å². The maximum absolute atomic E-state index is 11.4. The predicted octanol–water partition coefficient (Wildman–Crippen LogP) is -0.0538. The Morgan fingerprint density at radius 3 is 2.53 bits per heavy atom. The first-order chi connectivity index (χ1) is 6.89. The van der Waals surface area contributed by atoms with Gasteiger partial charge in [-0.15, -0.1) is 0 Å². The van der Waals surface area contributed by atoms with Crippen LogP contribution in [0.3, 0.4) is 0 Å². The fraction of sp³-hybridized carbons (Fsp3) is 1.00. The lowest BCUT2D eigenvalue weighted by atomic mass is 10.1. The molecule has 5 nitrogen and oxygen atoms in total. The Morgan fingerprint density at radius 2 is 2.07 bits per heavy atom. The molecule has 0 amide bonds. The van der Waals surface area contributed by atoms with Crippen LogP contribution in [0, 0.1) is 5.92 Å². The van der Waals surface area contributed by atoms with Crippen LogP contribution < -0.4 is 15.2 Å². The molecule has 1 saturated carbocycles. The molecule has 6 heteroatoms. The van der Waals surface area contributed by atoms with E-state index in [1.807, 2.05) is 0 Å². The maximum atomic E-state index is 11.4. The number of nitrogens with one attached hydrogen (secondary N) is 2. The minimum atomic E-state index is -3.33. The lowest BCUT2D eigenvalue weighted by Gasteiger charge is -2.13. The summed E-state index contributed by atoms with van der Waals surface area (Å²) >= 11 is 0. The van der Waals surface area contributed by atoms with E-state index in [9.17, 15) is 8.42 Å². The standard InChI is InChI=1S/C9H21N3O2S/c1-7(2)12-15(13,14)11-6-8-3-4-9(10)5-8/h7-9,11-12H,3-6,10H2,1-2H3. The molecular weight excluding hydrogens is 214 g/mol. The van der Waals surface area contributed by atoms with Gasteiger partial charge in [0.2, 0.25) is 0 Å². The van der Waals surface area contributed by atoms with Gasteiger partial charge in [0.15, 0.2) is 0 Å². The van der Waals surface area contributed by atoms with E-state index in [2.05, 4.69) is 9.44 Å². The van der Waals surface area contributed by atoms with Gasteiger partial charge in [0.1, 0.15) is 0 Å². The summed E-state index contributed by atoms with van der Waals surface area (Å²) in [6.07, 6.45) is 2.94. The van der Waals surface area contributed by atoms with Gasteiger partial charge < -0.3 is 5.73 Å². The predicted molar refractivity (Wildman–Crippen MR) is 60.5 cm³/mol. The highest BCUT2D eigenvalue weighted by Gasteiger charge is 2.23. The SMILES string of the molecule is CC(C)NS(=O)(=O)NCC1CCC(N)C1. The normalized spacial score (nSPS) is 27.5. The van der Waals surface area contributed by atoms with E-state index in [0.29, 0.717) is 12.5 Å². The first-order valence-electron chi connectivity index (χ1n) is 5.41. The van der Waals surface area contributed by atoms with Gasteiger partial charge in [-0.1, -0.05) is 0 Å². The lowest BCUT2D eigenvalue weighted by Crippen LogP contribution is -2.42. The van der Waals surface area contributed by atoms with Crippen LogP contribution >= 0.6 is 0 Å². The second kappa shape index (κ2) is 5.25. The first-order valence-corrected chi connectivity index (χ1v) is 6.90. The van der Waals surface area contributed by atoms with E-state index in [4.69, 9.17) is 5.73 Å². The Morgan fingerprint density at radius 1 is 1.40 bits per heavy atom. The molecule has 2 atom stereocenters. The number of rotatable bonds is 5. The van der Waals surface area contributed by atoms with E-state index < -0.39 is 10.2 Å². The molecule has 15 heavy (non-hydrogen) atoms. The third kappa shape index (κ3) is 4.92. The zero-order valence-corrected chi connectivity index (χ0v) is 10.2. The van der Waals surface area contributed by atoms with Crippen molar-refractivity contribution < 1.29 is 8.42 Å². The van der Waals surface area contributed by atoms with Crippen LogP contribution in [0.15, 0.2) is 0 Å². The van der Waals surface area contributed by atoms with Crippen LogP contribution in [0.5, 0.6) is 0 Å². The summed E-state index contributed by atoms with van der Waals surface area (Å²) < 4.78 is 27.9. The molecule has 1 rings (SSSR count). The second-order valence-corrected chi connectivity index (χ2v) is 6.09. The third-order valence-corrected chi connectivity index (χ3v) is 3.86. The van der Waals surface area contributed by atoms with Crippen molar-refractivity contribution in [2.75, 3.05) is 6.54 Å². The van der Waals surface area contributed by atoms with Crippen molar-refractivity contribution >= 4 is 10.2 Å². The molecule has 1 aliphatic rings. The molecule has 1 fully saturated rings. The average molecular weight is 235 g/mol. The molecule has 1 aliphatic carbocycles. The van der Waals surface area contributed by atoms with Crippen molar-refractivity contribution in [1.29, 1.82) is 0 Å². The first kappa shape index (κ1) is 12.9. The lowest BCUT2D eigenvalue weighted by molar-refractivity contribution is 0.503. The van der Waals surface area contributed by atoms with Crippen molar-refractivity contribution in [2.45, 2.75) is 45.2 Å². The van der Waals surface area contributed by atoms with Crippen molar-refractivity contribution in [3.8, 4) is 0 Å². The van der Waals surface area contributed by atoms with Gasteiger partial charge in [0.05, 0.1) is 0 Å². The fourth-order valence-corrected chi connectivity index (χ4v) is 3.04. The van der Waals surface area contributed by atoms with Crippen molar-refractivity contribution in [3.05, 3.63) is 0 Å². The van der Waals surface area contributed by atoms with Crippen LogP contribution in [-0.2, 0) is 10.2 Å². The van der Waals surface area contributed by atoms with Crippen molar-refractivity contribution in [3.63, 3.8) is 0 Å². The Bertz CT molecular complexity index is 290. The van der Waals surface area contributed by atoms with Gasteiger partial charge in [-0.2, -0.15) is 13.1 Å². The largest absolute Gasteiger partial charge is 0.328 e. The molecule has 2 unspecified atom stereocenters. The van der Waals surface area contributed by atoms with Gasteiger partial charge in [0.25, 0.3) is 10.2 Å². The van der Waals surface area contributed by atoms with E-state index in [-0.39, 0.29) is 12.1 Å². The highest BCUT2D eigenvalue weighted by molar-refractivity contribution is 7.87. The summed E-state index contributed by atoms with van der Waals surface area (Å²) in [6.45, 7) is 4.09. The summed E-state index contributed by atoms with van der Waals surface area (Å²) in [7, 11) is -3.33. The minimum absolute atomic E-state index is 0.0756. The van der Waals surface area contributed by atoms with Gasteiger partial charge >= 0.3 is 0 Å². The topological polar surface area (TPSA) is 84.2 Å². The molecular formula is C9H21N3O2S. The van der Waals surface area contributed by atoms with Gasteiger partial charge in [-0.3, -0.25) is 0 Å². The molecule has 0 spiro atoms. The molecule has 0 heterocycles. The Labute approximate surface area is 92.0 Å². The highest BCUT2D eigenvalue weighted by Crippen LogP contribution is 2.23. The molecule has 4 N–H and O–H groups in total. The van der Waals surface area contributed by atoms with E-state index in [1.165, 1.54) is 0 Å². The fourth-order valence-electron chi connectivity index (χ4n) is 1.88.